The van der Waals surface area contributed by atoms with Crippen LogP contribution in [-0.4, -0.2) is 37.7 Å². The van der Waals surface area contributed by atoms with Gasteiger partial charge >= 0.3 is 0 Å². The first kappa shape index (κ1) is 25.0. The Bertz CT molecular complexity index is 1670. The summed E-state index contributed by atoms with van der Waals surface area (Å²) in [4.78, 5) is 22.3. The lowest BCUT2D eigenvalue weighted by Crippen LogP contribution is -2.33. The summed E-state index contributed by atoms with van der Waals surface area (Å²) in [5.74, 6) is 1.08. The topological polar surface area (TPSA) is 111 Å². The standard InChI is InChI=1S/C31H33N7O/c1-19-6-5-7-20(14-19)15-29(39)35-28-17-27(38(2)37-28)26-16-21-18-33-31(34-23-12-10-22(32)11-13-23)36-30(21)25-9-4-3-8-24(25)26/h3-9,14,16-18,22-23H,10-13,15,32H2,1-2H3,(H,33,34,36)(H,35,37,39). The second-order valence-corrected chi connectivity index (χ2v) is 10.6. The quantitative estimate of drug-likeness (QED) is 0.261. The fourth-order valence-electron chi connectivity index (χ4n) is 5.57. The van der Waals surface area contributed by atoms with Crippen molar-refractivity contribution in [1.82, 2.24) is 19.7 Å². The van der Waals surface area contributed by atoms with Gasteiger partial charge in [-0.05, 0) is 49.6 Å². The maximum Gasteiger partial charge on any atom is 0.229 e. The molecule has 1 fully saturated rings. The van der Waals surface area contributed by atoms with Crippen LogP contribution in [0.15, 0.2) is 66.9 Å². The lowest BCUT2D eigenvalue weighted by atomic mass is 9.92. The van der Waals surface area contributed by atoms with Crippen LogP contribution >= 0.6 is 0 Å². The maximum absolute atomic E-state index is 12.7. The van der Waals surface area contributed by atoms with Crippen molar-refractivity contribution in [3.8, 4) is 11.3 Å². The Morgan fingerprint density at radius 1 is 1.03 bits per heavy atom. The Labute approximate surface area is 227 Å². The van der Waals surface area contributed by atoms with Gasteiger partial charge in [-0.1, -0.05) is 54.1 Å². The van der Waals surface area contributed by atoms with Crippen molar-refractivity contribution < 1.29 is 4.79 Å². The number of aryl methyl sites for hydroxylation is 2. The van der Waals surface area contributed by atoms with Gasteiger partial charge in [0.1, 0.15) is 0 Å². The molecule has 4 N–H and O–H groups in total. The molecule has 1 amide bonds. The van der Waals surface area contributed by atoms with E-state index >= 15 is 0 Å². The molecule has 198 valence electrons. The van der Waals surface area contributed by atoms with Crippen molar-refractivity contribution in [2.45, 2.75) is 51.1 Å². The highest BCUT2D eigenvalue weighted by atomic mass is 16.1. The van der Waals surface area contributed by atoms with Gasteiger partial charge < -0.3 is 16.4 Å². The molecule has 0 spiro atoms. The number of carbonyl (C=O) groups excluding carboxylic acids is 1. The number of carbonyl (C=O) groups is 1. The van der Waals surface area contributed by atoms with Gasteiger partial charge in [0.2, 0.25) is 11.9 Å². The van der Waals surface area contributed by atoms with Crippen LogP contribution in [0, 0.1) is 6.92 Å². The van der Waals surface area contributed by atoms with E-state index in [1.165, 1.54) is 0 Å². The molecule has 1 aliphatic carbocycles. The third-order valence-electron chi connectivity index (χ3n) is 7.56. The molecular formula is C31H33N7O. The van der Waals surface area contributed by atoms with E-state index in [1.807, 2.05) is 62.6 Å². The van der Waals surface area contributed by atoms with Crippen molar-refractivity contribution in [2.75, 3.05) is 10.6 Å². The predicted octanol–water partition coefficient (Wildman–Crippen LogP) is 5.35. The van der Waals surface area contributed by atoms with Crippen LogP contribution in [0.5, 0.6) is 0 Å². The normalized spacial score (nSPS) is 17.4. The van der Waals surface area contributed by atoms with Crippen LogP contribution in [0.25, 0.3) is 32.9 Å². The number of benzene rings is 3. The number of amides is 1. The summed E-state index contributed by atoms with van der Waals surface area (Å²) in [6.07, 6.45) is 6.30. The van der Waals surface area contributed by atoms with Gasteiger partial charge in [0, 0.05) is 47.7 Å². The highest BCUT2D eigenvalue weighted by molar-refractivity contribution is 6.12. The number of nitrogens with two attached hydrogens (primary N) is 1. The van der Waals surface area contributed by atoms with E-state index in [0.29, 0.717) is 30.3 Å². The van der Waals surface area contributed by atoms with Crippen molar-refractivity contribution in [3.05, 3.63) is 78.0 Å². The molecule has 8 nitrogen and oxygen atoms in total. The lowest BCUT2D eigenvalue weighted by Gasteiger charge is -2.26. The molecule has 1 aliphatic rings. The molecule has 2 heterocycles. The highest BCUT2D eigenvalue weighted by Gasteiger charge is 2.20. The minimum Gasteiger partial charge on any atom is -0.351 e. The first-order valence-corrected chi connectivity index (χ1v) is 13.5. The third-order valence-corrected chi connectivity index (χ3v) is 7.56. The van der Waals surface area contributed by atoms with E-state index in [1.54, 1.807) is 4.68 Å². The van der Waals surface area contributed by atoms with E-state index in [2.05, 4.69) is 38.9 Å². The molecule has 5 aromatic rings. The summed E-state index contributed by atoms with van der Waals surface area (Å²) in [5.41, 5.74) is 11.0. The van der Waals surface area contributed by atoms with Gasteiger partial charge in [-0.25, -0.2) is 9.97 Å². The van der Waals surface area contributed by atoms with Crippen molar-refractivity contribution in [2.24, 2.45) is 12.8 Å². The second kappa shape index (κ2) is 10.5. The van der Waals surface area contributed by atoms with Crippen LogP contribution in [0.2, 0.25) is 0 Å². The lowest BCUT2D eigenvalue weighted by molar-refractivity contribution is -0.115. The van der Waals surface area contributed by atoms with Gasteiger partial charge in [0.05, 0.1) is 17.6 Å². The fourth-order valence-corrected chi connectivity index (χ4v) is 5.57. The number of nitrogens with one attached hydrogen (secondary N) is 2. The Kier molecular flexibility index (Phi) is 6.70. The Hall–Kier alpha value is -4.30. The van der Waals surface area contributed by atoms with Gasteiger partial charge in [-0.3, -0.25) is 9.48 Å². The van der Waals surface area contributed by atoms with E-state index < -0.39 is 0 Å². The monoisotopic (exact) mass is 519 g/mol. The minimum atomic E-state index is -0.0954. The van der Waals surface area contributed by atoms with Gasteiger partial charge in [0.25, 0.3) is 0 Å². The summed E-state index contributed by atoms with van der Waals surface area (Å²) in [6.45, 7) is 2.02. The molecule has 0 radical (unpaired) electrons. The molecule has 39 heavy (non-hydrogen) atoms. The first-order valence-electron chi connectivity index (χ1n) is 13.5. The summed E-state index contributed by atoms with van der Waals surface area (Å²) < 4.78 is 1.81. The first-order chi connectivity index (χ1) is 18.9. The average molecular weight is 520 g/mol. The molecule has 2 aromatic heterocycles. The molecule has 0 saturated heterocycles. The van der Waals surface area contributed by atoms with Crippen molar-refractivity contribution >= 4 is 39.3 Å². The van der Waals surface area contributed by atoms with E-state index in [9.17, 15) is 4.79 Å². The van der Waals surface area contributed by atoms with E-state index in [0.717, 1.165) is 69.7 Å². The molecule has 0 aliphatic heterocycles. The molecule has 0 bridgehead atoms. The van der Waals surface area contributed by atoms with E-state index in [-0.39, 0.29) is 5.91 Å². The fraction of sp³-hybridized carbons (Fsp3) is 0.290. The Morgan fingerprint density at radius 2 is 1.82 bits per heavy atom. The average Bonchev–Trinajstić information content (AvgIpc) is 3.28. The number of hydrogen-bond donors (Lipinski definition) is 3. The summed E-state index contributed by atoms with van der Waals surface area (Å²) >= 11 is 0. The molecule has 3 aromatic carbocycles. The van der Waals surface area contributed by atoms with Gasteiger partial charge in [-0.2, -0.15) is 5.10 Å². The molecule has 6 rings (SSSR count). The zero-order chi connectivity index (χ0) is 26.9. The SMILES string of the molecule is Cc1cccc(CC(=O)Nc2cc(-c3cc4cnc(NC5CCC(N)CC5)nc4c4ccccc34)n(C)n2)c1. The van der Waals surface area contributed by atoms with E-state index in [4.69, 9.17) is 10.7 Å². The summed E-state index contributed by atoms with van der Waals surface area (Å²) in [5, 5.41) is 14.1. The Morgan fingerprint density at radius 3 is 2.62 bits per heavy atom. The molecule has 8 heteroatoms. The van der Waals surface area contributed by atoms with Crippen LogP contribution in [0.3, 0.4) is 0 Å². The molecule has 0 atom stereocenters. The van der Waals surface area contributed by atoms with Crippen LogP contribution in [-0.2, 0) is 18.3 Å². The minimum absolute atomic E-state index is 0.0954. The van der Waals surface area contributed by atoms with Crippen LogP contribution in [0.4, 0.5) is 11.8 Å². The summed E-state index contributed by atoms with van der Waals surface area (Å²) in [6, 6.07) is 20.9. The zero-order valence-electron chi connectivity index (χ0n) is 22.3. The largest absolute Gasteiger partial charge is 0.351 e. The summed E-state index contributed by atoms with van der Waals surface area (Å²) in [7, 11) is 1.89. The van der Waals surface area contributed by atoms with Crippen molar-refractivity contribution in [3.63, 3.8) is 0 Å². The smallest absolute Gasteiger partial charge is 0.229 e. The Balaban J connectivity index is 1.30. The maximum atomic E-state index is 12.7. The van der Waals surface area contributed by atoms with Crippen LogP contribution < -0.4 is 16.4 Å². The molecular weight excluding hydrogens is 486 g/mol. The highest BCUT2D eigenvalue weighted by Crippen LogP contribution is 2.35. The molecule has 1 saturated carbocycles. The predicted molar refractivity (Wildman–Crippen MR) is 157 cm³/mol. The number of hydrogen-bond acceptors (Lipinski definition) is 6. The van der Waals surface area contributed by atoms with Crippen LogP contribution in [0.1, 0.15) is 36.8 Å². The third kappa shape index (κ3) is 5.33. The zero-order valence-corrected chi connectivity index (χ0v) is 22.3. The number of aromatic nitrogens is 4. The van der Waals surface area contributed by atoms with Gasteiger partial charge in [-0.15, -0.1) is 0 Å². The number of fused-ring (bicyclic) bond motifs is 3. The second-order valence-electron chi connectivity index (χ2n) is 10.6. The number of nitrogens with zero attached hydrogens (tertiary/aromatic N) is 4. The molecule has 0 unspecified atom stereocenters. The number of rotatable bonds is 6. The number of anilines is 2. The van der Waals surface area contributed by atoms with Gasteiger partial charge in [0.15, 0.2) is 5.82 Å². The van der Waals surface area contributed by atoms with Crippen molar-refractivity contribution in [1.29, 1.82) is 0 Å².